The normalized spacial score (nSPS) is 10.2. The highest BCUT2D eigenvalue weighted by molar-refractivity contribution is 5.58. The molecule has 0 aromatic heterocycles. The molecular formula is C7H14N2O. The quantitative estimate of drug-likeness (QED) is 0.247. The van der Waals surface area contributed by atoms with Gasteiger partial charge in [-0.15, -0.1) is 0 Å². The number of carbonyl (C=O) groups is 1. The van der Waals surface area contributed by atoms with Gasteiger partial charge in [-0.25, -0.2) is 0 Å². The van der Waals surface area contributed by atoms with Crippen molar-refractivity contribution in [2.45, 2.75) is 19.3 Å². The summed E-state index contributed by atoms with van der Waals surface area (Å²) in [7, 11) is 3.74. The van der Waals surface area contributed by atoms with Crippen molar-refractivity contribution in [3.63, 3.8) is 0 Å². The third-order valence-electron chi connectivity index (χ3n) is 0.968. The molecule has 0 amide bonds. The molecule has 0 atom stereocenters. The molecule has 0 spiro atoms. The largest absolute Gasteiger partial charge is 0.303 e. The van der Waals surface area contributed by atoms with Crippen molar-refractivity contribution < 1.29 is 4.79 Å². The van der Waals surface area contributed by atoms with Crippen molar-refractivity contribution in [1.82, 2.24) is 5.01 Å². The number of carbonyl (C=O) groups excluding carboxylic acids is 1. The van der Waals surface area contributed by atoms with Gasteiger partial charge in [0.05, 0.1) is 0 Å². The fraction of sp³-hybridized carbons (Fsp3) is 0.714. The van der Waals surface area contributed by atoms with Gasteiger partial charge in [0.25, 0.3) is 0 Å². The van der Waals surface area contributed by atoms with Gasteiger partial charge in [-0.05, 0) is 12.8 Å². The lowest BCUT2D eigenvalue weighted by Crippen LogP contribution is -2.01. The lowest BCUT2D eigenvalue weighted by molar-refractivity contribution is -0.107. The van der Waals surface area contributed by atoms with E-state index in [0.29, 0.717) is 6.42 Å². The lowest BCUT2D eigenvalue weighted by Gasteiger charge is -2.00. The molecule has 0 bridgehead atoms. The summed E-state index contributed by atoms with van der Waals surface area (Å²) in [6.45, 7) is 0. The summed E-state index contributed by atoms with van der Waals surface area (Å²) in [6.07, 6.45) is 5.18. The van der Waals surface area contributed by atoms with Crippen LogP contribution in [0.5, 0.6) is 0 Å². The van der Waals surface area contributed by atoms with Crippen LogP contribution in [0.4, 0.5) is 0 Å². The molecule has 0 saturated carbocycles. The summed E-state index contributed by atoms with van der Waals surface area (Å²) < 4.78 is 0. The number of hydrogen-bond acceptors (Lipinski definition) is 3. The second-order valence-corrected chi connectivity index (χ2v) is 2.24. The molecule has 0 aromatic carbocycles. The summed E-state index contributed by atoms with van der Waals surface area (Å²) >= 11 is 0. The molecule has 0 fully saturated rings. The van der Waals surface area contributed by atoms with Crippen LogP contribution >= 0.6 is 0 Å². The van der Waals surface area contributed by atoms with E-state index in [1.165, 1.54) is 0 Å². The molecule has 0 rings (SSSR count). The third-order valence-corrected chi connectivity index (χ3v) is 0.968. The van der Waals surface area contributed by atoms with Crippen LogP contribution in [0.25, 0.3) is 0 Å². The van der Waals surface area contributed by atoms with Crippen LogP contribution in [0.3, 0.4) is 0 Å². The molecule has 3 heteroatoms. The Bertz CT molecular complexity index is 110. The Morgan fingerprint density at radius 1 is 1.40 bits per heavy atom. The Morgan fingerprint density at radius 2 is 2.10 bits per heavy atom. The van der Waals surface area contributed by atoms with E-state index < -0.39 is 0 Å². The molecule has 0 aromatic rings. The van der Waals surface area contributed by atoms with Gasteiger partial charge in [0.15, 0.2) is 0 Å². The zero-order valence-corrected chi connectivity index (χ0v) is 6.58. The second kappa shape index (κ2) is 6.26. The van der Waals surface area contributed by atoms with Gasteiger partial charge in [-0.2, -0.15) is 5.10 Å². The van der Waals surface area contributed by atoms with E-state index in [-0.39, 0.29) is 0 Å². The Kier molecular flexibility index (Phi) is 5.72. The molecular weight excluding hydrogens is 128 g/mol. The molecule has 0 aliphatic carbocycles. The first-order chi connectivity index (χ1) is 4.77. The summed E-state index contributed by atoms with van der Waals surface area (Å²) in [4.78, 5) is 9.85. The zero-order chi connectivity index (χ0) is 7.82. The minimum absolute atomic E-state index is 0.638. The van der Waals surface area contributed by atoms with Crippen LogP contribution < -0.4 is 0 Å². The average molecular weight is 142 g/mol. The van der Waals surface area contributed by atoms with E-state index >= 15 is 0 Å². The summed E-state index contributed by atoms with van der Waals surface area (Å²) in [6, 6.07) is 0. The van der Waals surface area contributed by atoms with Gasteiger partial charge in [0.2, 0.25) is 0 Å². The molecule has 58 valence electrons. The van der Waals surface area contributed by atoms with E-state index in [2.05, 4.69) is 5.10 Å². The number of rotatable bonds is 5. The van der Waals surface area contributed by atoms with Crippen molar-refractivity contribution in [3.05, 3.63) is 0 Å². The minimum atomic E-state index is 0.638. The fourth-order valence-electron chi connectivity index (χ4n) is 0.514. The van der Waals surface area contributed by atoms with Crippen LogP contribution in [0, 0.1) is 0 Å². The van der Waals surface area contributed by atoms with E-state index in [9.17, 15) is 4.79 Å². The van der Waals surface area contributed by atoms with Crippen molar-refractivity contribution >= 4 is 12.5 Å². The van der Waals surface area contributed by atoms with E-state index in [1.54, 1.807) is 5.01 Å². The Labute approximate surface area is 61.7 Å². The highest BCUT2D eigenvalue weighted by Gasteiger charge is 1.82. The lowest BCUT2D eigenvalue weighted by atomic mass is 10.3. The summed E-state index contributed by atoms with van der Waals surface area (Å²) in [5, 5.41) is 5.73. The van der Waals surface area contributed by atoms with Gasteiger partial charge in [0, 0.05) is 26.7 Å². The predicted molar refractivity (Wildman–Crippen MR) is 42.1 cm³/mol. The second-order valence-electron chi connectivity index (χ2n) is 2.24. The molecule has 0 N–H and O–H groups in total. The standard InChI is InChI=1S/C7H14N2O/c1-9(2)8-6-4-3-5-7-10/h6-7H,3-5H2,1-2H3/b8-6+. The first-order valence-electron chi connectivity index (χ1n) is 3.40. The fourth-order valence-corrected chi connectivity index (χ4v) is 0.514. The Hall–Kier alpha value is -0.860. The van der Waals surface area contributed by atoms with Crippen molar-refractivity contribution in [3.8, 4) is 0 Å². The smallest absolute Gasteiger partial charge is 0.120 e. The molecule has 0 aliphatic heterocycles. The molecule has 0 unspecified atom stereocenters. The highest BCUT2D eigenvalue weighted by Crippen LogP contribution is 1.88. The molecule has 0 heterocycles. The van der Waals surface area contributed by atoms with Crippen LogP contribution in [0.2, 0.25) is 0 Å². The topological polar surface area (TPSA) is 32.7 Å². The molecule has 0 radical (unpaired) electrons. The number of nitrogens with zero attached hydrogens (tertiary/aromatic N) is 2. The van der Waals surface area contributed by atoms with Gasteiger partial charge in [-0.1, -0.05) is 0 Å². The van der Waals surface area contributed by atoms with E-state index in [0.717, 1.165) is 19.1 Å². The van der Waals surface area contributed by atoms with Crippen LogP contribution in [0.15, 0.2) is 5.10 Å². The molecule has 10 heavy (non-hydrogen) atoms. The minimum Gasteiger partial charge on any atom is -0.303 e. The molecule has 3 nitrogen and oxygen atoms in total. The van der Waals surface area contributed by atoms with Crippen LogP contribution in [-0.4, -0.2) is 31.6 Å². The maximum Gasteiger partial charge on any atom is 0.120 e. The maximum atomic E-state index is 9.85. The van der Waals surface area contributed by atoms with Gasteiger partial charge in [0.1, 0.15) is 6.29 Å². The van der Waals surface area contributed by atoms with Crippen molar-refractivity contribution in [2.75, 3.05) is 14.1 Å². The number of hydrazone groups is 1. The first kappa shape index (κ1) is 9.14. The van der Waals surface area contributed by atoms with E-state index in [4.69, 9.17) is 0 Å². The first-order valence-corrected chi connectivity index (χ1v) is 3.40. The zero-order valence-electron chi connectivity index (χ0n) is 6.58. The van der Waals surface area contributed by atoms with Crippen LogP contribution in [0.1, 0.15) is 19.3 Å². The van der Waals surface area contributed by atoms with Crippen molar-refractivity contribution in [2.24, 2.45) is 5.10 Å². The van der Waals surface area contributed by atoms with Gasteiger partial charge in [-0.3, -0.25) is 0 Å². The number of aldehydes is 1. The Morgan fingerprint density at radius 3 is 2.60 bits per heavy atom. The molecule has 0 aliphatic rings. The Balaban J connectivity index is 3.10. The average Bonchev–Trinajstić information content (AvgIpc) is 1.87. The summed E-state index contributed by atoms with van der Waals surface area (Å²) in [5.74, 6) is 0. The maximum absolute atomic E-state index is 9.85. The highest BCUT2D eigenvalue weighted by atomic mass is 16.1. The van der Waals surface area contributed by atoms with Crippen LogP contribution in [-0.2, 0) is 4.79 Å². The monoisotopic (exact) mass is 142 g/mol. The van der Waals surface area contributed by atoms with Crippen molar-refractivity contribution in [1.29, 1.82) is 0 Å². The predicted octanol–water partition coefficient (Wildman–Crippen LogP) is 0.903. The van der Waals surface area contributed by atoms with Gasteiger partial charge >= 0.3 is 0 Å². The molecule has 0 saturated heterocycles. The van der Waals surface area contributed by atoms with Gasteiger partial charge < -0.3 is 9.80 Å². The SMILES string of the molecule is CN(C)/N=C/CCCC=O. The number of hydrogen-bond donors (Lipinski definition) is 0. The van der Waals surface area contributed by atoms with E-state index in [1.807, 2.05) is 20.3 Å². The summed E-state index contributed by atoms with van der Waals surface area (Å²) in [5.41, 5.74) is 0. The number of unbranched alkanes of at least 4 members (excludes halogenated alkanes) is 2. The third kappa shape index (κ3) is 7.14.